The van der Waals surface area contributed by atoms with Gasteiger partial charge >= 0.3 is 0 Å². The highest BCUT2D eigenvalue weighted by atomic mass is 15.1. The third kappa shape index (κ3) is 1.63. The van der Waals surface area contributed by atoms with E-state index in [1.807, 2.05) is 0 Å². The van der Waals surface area contributed by atoms with Crippen LogP contribution in [0.15, 0.2) is 11.1 Å². The molecule has 0 unspecified atom stereocenters. The summed E-state index contributed by atoms with van der Waals surface area (Å²) in [5.41, 5.74) is 4.01. The topological polar surface area (TPSA) is 3.24 Å². The Labute approximate surface area is 88.2 Å². The molecule has 0 bridgehead atoms. The number of rotatable bonds is 0. The number of allylic oxidation sites excluding steroid dienone is 2. The van der Waals surface area contributed by atoms with Gasteiger partial charge in [-0.05, 0) is 71.5 Å². The zero-order valence-electron chi connectivity index (χ0n) is 9.90. The lowest BCUT2D eigenvalue weighted by atomic mass is 9.75. The molecule has 1 heterocycles. The van der Waals surface area contributed by atoms with Crippen LogP contribution in [0.3, 0.4) is 0 Å². The molecule has 1 aliphatic heterocycles. The van der Waals surface area contributed by atoms with E-state index in [4.69, 9.17) is 0 Å². The average molecular weight is 193 g/mol. The van der Waals surface area contributed by atoms with Crippen LogP contribution in [0.2, 0.25) is 0 Å². The summed E-state index contributed by atoms with van der Waals surface area (Å²) in [5.74, 6) is 0. The lowest BCUT2D eigenvalue weighted by Gasteiger charge is -2.30. The second kappa shape index (κ2) is 3.69. The van der Waals surface area contributed by atoms with Crippen molar-refractivity contribution < 1.29 is 0 Å². The molecule has 1 spiro atoms. The predicted molar refractivity (Wildman–Crippen MR) is 61.4 cm³/mol. The largest absolute Gasteiger partial charge is 0.306 e. The highest BCUT2D eigenvalue weighted by Crippen LogP contribution is 2.49. The van der Waals surface area contributed by atoms with Crippen molar-refractivity contribution in [3.63, 3.8) is 0 Å². The minimum absolute atomic E-state index is 0.606. The van der Waals surface area contributed by atoms with E-state index in [-0.39, 0.29) is 0 Å². The van der Waals surface area contributed by atoms with E-state index in [0.29, 0.717) is 5.41 Å². The molecule has 0 N–H and O–H groups in total. The molecule has 0 amide bonds. The van der Waals surface area contributed by atoms with Crippen LogP contribution in [-0.4, -0.2) is 25.0 Å². The van der Waals surface area contributed by atoms with E-state index in [1.165, 1.54) is 45.2 Å². The molecule has 1 heteroatoms. The monoisotopic (exact) mass is 193 g/mol. The molecule has 80 valence electrons. The summed E-state index contributed by atoms with van der Waals surface area (Å²) in [6.45, 7) is 7.31. The molecule has 1 nitrogen and oxygen atoms in total. The van der Waals surface area contributed by atoms with Crippen LogP contribution in [-0.2, 0) is 0 Å². The van der Waals surface area contributed by atoms with E-state index >= 15 is 0 Å². The van der Waals surface area contributed by atoms with Crippen LogP contribution < -0.4 is 0 Å². The van der Waals surface area contributed by atoms with Gasteiger partial charge in [-0.25, -0.2) is 0 Å². The first kappa shape index (κ1) is 10.2. The van der Waals surface area contributed by atoms with Gasteiger partial charge in [-0.1, -0.05) is 11.1 Å². The van der Waals surface area contributed by atoms with Crippen molar-refractivity contribution in [3.05, 3.63) is 11.1 Å². The number of hydrogen-bond donors (Lipinski definition) is 0. The maximum absolute atomic E-state index is 2.50. The van der Waals surface area contributed by atoms with Gasteiger partial charge in [-0.3, -0.25) is 0 Å². The average Bonchev–Trinajstić information content (AvgIpc) is 2.38. The van der Waals surface area contributed by atoms with Crippen LogP contribution in [0, 0.1) is 5.41 Å². The number of hydrogen-bond acceptors (Lipinski definition) is 1. The zero-order chi connectivity index (χ0) is 10.2. The van der Waals surface area contributed by atoms with Crippen molar-refractivity contribution >= 4 is 0 Å². The third-order valence-electron chi connectivity index (χ3n) is 4.58. The van der Waals surface area contributed by atoms with E-state index in [1.54, 1.807) is 11.1 Å². The molecule has 0 saturated carbocycles. The smallest absolute Gasteiger partial charge is 0.00134 e. The van der Waals surface area contributed by atoms with Gasteiger partial charge < -0.3 is 4.90 Å². The lowest BCUT2D eigenvalue weighted by Crippen LogP contribution is -2.23. The van der Waals surface area contributed by atoms with Crippen LogP contribution in [0.5, 0.6) is 0 Å². The zero-order valence-corrected chi connectivity index (χ0v) is 9.90. The SMILES string of the molecule is CC1=C(C)[C@]2(CCCN(C)CC2)CC1. The molecule has 1 fully saturated rings. The number of likely N-dealkylation sites (tertiary alicyclic amines) is 1. The molecule has 0 aromatic heterocycles. The number of nitrogens with zero attached hydrogens (tertiary/aromatic N) is 1. The second-order valence-electron chi connectivity index (χ2n) is 5.34. The van der Waals surface area contributed by atoms with E-state index < -0.39 is 0 Å². The summed E-state index contributed by atoms with van der Waals surface area (Å²) >= 11 is 0. The Balaban J connectivity index is 2.16. The van der Waals surface area contributed by atoms with Gasteiger partial charge in [0.1, 0.15) is 0 Å². The van der Waals surface area contributed by atoms with Crippen LogP contribution >= 0.6 is 0 Å². The molecule has 1 aliphatic carbocycles. The Kier molecular flexibility index (Phi) is 2.70. The minimum atomic E-state index is 0.606. The fourth-order valence-electron chi connectivity index (χ4n) is 3.21. The van der Waals surface area contributed by atoms with Crippen molar-refractivity contribution in [1.82, 2.24) is 4.90 Å². The molecule has 0 aromatic rings. The van der Waals surface area contributed by atoms with Crippen molar-refractivity contribution in [2.24, 2.45) is 5.41 Å². The van der Waals surface area contributed by atoms with E-state index in [0.717, 1.165) is 0 Å². The Morgan fingerprint density at radius 1 is 1.07 bits per heavy atom. The standard InChI is InChI=1S/C13H23N/c1-11-5-7-13(12(11)2)6-4-9-14(3)10-8-13/h4-10H2,1-3H3/t13-/m1/s1. The molecule has 0 radical (unpaired) electrons. The van der Waals surface area contributed by atoms with Gasteiger partial charge in [-0.15, -0.1) is 0 Å². The first-order valence-electron chi connectivity index (χ1n) is 5.99. The third-order valence-corrected chi connectivity index (χ3v) is 4.58. The normalized spacial score (nSPS) is 35.4. The molecular formula is C13H23N. The maximum atomic E-state index is 2.50. The van der Waals surface area contributed by atoms with Crippen molar-refractivity contribution in [3.8, 4) is 0 Å². The molecule has 2 aliphatic rings. The highest BCUT2D eigenvalue weighted by Gasteiger charge is 2.37. The van der Waals surface area contributed by atoms with Crippen molar-refractivity contribution in [2.45, 2.75) is 46.0 Å². The Morgan fingerprint density at radius 2 is 1.86 bits per heavy atom. The molecule has 1 saturated heterocycles. The summed E-state index contributed by atoms with van der Waals surface area (Å²) in [7, 11) is 2.26. The predicted octanol–water partition coefficient (Wildman–Crippen LogP) is 3.22. The van der Waals surface area contributed by atoms with Crippen molar-refractivity contribution in [1.29, 1.82) is 0 Å². The second-order valence-corrected chi connectivity index (χ2v) is 5.34. The van der Waals surface area contributed by atoms with Gasteiger partial charge in [0.25, 0.3) is 0 Å². The van der Waals surface area contributed by atoms with Crippen molar-refractivity contribution in [2.75, 3.05) is 20.1 Å². The summed E-state index contributed by atoms with van der Waals surface area (Å²) in [4.78, 5) is 2.50. The maximum Gasteiger partial charge on any atom is -0.00134 e. The van der Waals surface area contributed by atoms with Crippen LogP contribution in [0.1, 0.15) is 46.0 Å². The minimum Gasteiger partial charge on any atom is -0.306 e. The van der Waals surface area contributed by atoms with Gasteiger partial charge in [0.2, 0.25) is 0 Å². The van der Waals surface area contributed by atoms with Gasteiger partial charge in [0, 0.05) is 0 Å². The fourth-order valence-corrected chi connectivity index (χ4v) is 3.21. The van der Waals surface area contributed by atoms with Crippen LogP contribution in [0.4, 0.5) is 0 Å². The van der Waals surface area contributed by atoms with Gasteiger partial charge in [-0.2, -0.15) is 0 Å². The Hall–Kier alpha value is -0.300. The first-order chi connectivity index (χ1) is 6.64. The summed E-state index contributed by atoms with van der Waals surface area (Å²) in [5, 5.41) is 0. The molecule has 1 atom stereocenters. The Morgan fingerprint density at radius 3 is 2.50 bits per heavy atom. The fraction of sp³-hybridized carbons (Fsp3) is 0.846. The van der Waals surface area contributed by atoms with E-state index in [9.17, 15) is 0 Å². The summed E-state index contributed by atoms with van der Waals surface area (Å²) < 4.78 is 0. The quantitative estimate of drug-likeness (QED) is 0.534. The summed E-state index contributed by atoms with van der Waals surface area (Å²) in [6.07, 6.45) is 7.00. The van der Waals surface area contributed by atoms with Crippen LogP contribution in [0.25, 0.3) is 0 Å². The first-order valence-corrected chi connectivity index (χ1v) is 5.99. The molecule has 14 heavy (non-hydrogen) atoms. The van der Waals surface area contributed by atoms with Gasteiger partial charge in [0.15, 0.2) is 0 Å². The van der Waals surface area contributed by atoms with Gasteiger partial charge in [0.05, 0.1) is 0 Å². The molecule has 0 aromatic carbocycles. The Bertz CT molecular complexity index is 254. The molecule has 2 rings (SSSR count). The summed E-state index contributed by atoms with van der Waals surface area (Å²) in [6, 6.07) is 0. The lowest BCUT2D eigenvalue weighted by molar-refractivity contribution is 0.288. The molecular weight excluding hydrogens is 170 g/mol. The highest BCUT2D eigenvalue weighted by molar-refractivity contribution is 5.25. The van der Waals surface area contributed by atoms with E-state index in [2.05, 4.69) is 25.8 Å².